The summed E-state index contributed by atoms with van der Waals surface area (Å²) in [5.74, 6) is 0.834. The van der Waals surface area contributed by atoms with Crippen LogP contribution in [0.15, 0.2) is 24.5 Å². The van der Waals surface area contributed by atoms with E-state index in [0.29, 0.717) is 18.5 Å². The van der Waals surface area contributed by atoms with Crippen LogP contribution < -0.4 is 5.32 Å². The lowest BCUT2D eigenvalue weighted by Crippen LogP contribution is -2.45. The molecule has 2 atom stereocenters. The molecule has 1 aliphatic heterocycles. The van der Waals surface area contributed by atoms with Gasteiger partial charge < -0.3 is 10.1 Å². The van der Waals surface area contributed by atoms with E-state index >= 15 is 0 Å². The summed E-state index contributed by atoms with van der Waals surface area (Å²) in [6.07, 6.45) is 8.30. The number of nitrogens with zero attached hydrogens (tertiary/aromatic N) is 3. The molecule has 1 saturated carbocycles. The molecule has 2 heterocycles. The van der Waals surface area contributed by atoms with Crippen LogP contribution in [-0.4, -0.2) is 73.2 Å². The van der Waals surface area contributed by atoms with Gasteiger partial charge in [-0.05, 0) is 49.9 Å². The van der Waals surface area contributed by atoms with Gasteiger partial charge in [0.15, 0.2) is 0 Å². The van der Waals surface area contributed by atoms with E-state index < -0.39 is 0 Å². The standard InChI is InChI=1S/C20H32N4O2/c1-23(14-17-5-7-21-8-6-17)16-20(25)22-19-4-2-3-18(13-19)15-24-9-11-26-12-10-24/h5-8,18-19H,2-4,9-16H2,1H3,(H,22,25)/t18-,19+/m1/s1. The van der Waals surface area contributed by atoms with E-state index in [1.807, 2.05) is 19.2 Å². The molecular formula is C20H32N4O2. The van der Waals surface area contributed by atoms with Gasteiger partial charge in [0.05, 0.1) is 19.8 Å². The maximum atomic E-state index is 12.4. The predicted octanol–water partition coefficient (Wildman–Crippen LogP) is 1.52. The van der Waals surface area contributed by atoms with Crippen molar-refractivity contribution in [3.8, 4) is 0 Å². The van der Waals surface area contributed by atoms with Crippen molar-refractivity contribution < 1.29 is 9.53 Å². The summed E-state index contributed by atoms with van der Waals surface area (Å²) in [4.78, 5) is 21.0. The number of pyridine rings is 1. The lowest BCUT2D eigenvalue weighted by Gasteiger charge is -2.35. The Kier molecular flexibility index (Phi) is 7.41. The monoisotopic (exact) mass is 360 g/mol. The molecule has 3 rings (SSSR count). The van der Waals surface area contributed by atoms with Crippen LogP contribution in [0.1, 0.15) is 31.2 Å². The smallest absolute Gasteiger partial charge is 0.234 e. The molecular weight excluding hydrogens is 328 g/mol. The second kappa shape index (κ2) is 10.00. The van der Waals surface area contributed by atoms with Crippen LogP contribution in [-0.2, 0) is 16.1 Å². The third kappa shape index (κ3) is 6.34. The van der Waals surface area contributed by atoms with Crippen molar-refractivity contribution >= 4 is 5.91 Å². The fourth-order valence-corrected chi connectivity index (χ4v) is 4.11. The van der Waals surface area contributed by atoms with Gasteiger partial charge in [-0.15, -0.1) is 0 Å². The van der Waals surface area contributed by atoms with Gasteiger partial charge in [-0.1, -0.05) is 6.42 Å². The topological polar surface area (TPSA) is 57.7 Å². The van der Waals surface area contributed by atoms with Crippen molar-refractivity contribution in [1.29, 1.82) is 0 Å². The van der Waals surface area contributed by atoms with E-state index in [9.17, 15) is 4.79 Å². The Bertz CT molecular complexity index is 548. The molecule has 2 aliphatic rings. The number of hydrogen-bond acceptors (Lipinski definition) is 5. The average molecular weight is 361 g/mol. The van der Waals surface area contributed by atoms with E-state index in [-0.39, 0.29) is 5.91 Å². The highest BCUT2D eigenvalue weighted by Gasteiger charge is 2.25. The Balaban J connectivity index is 1.39. The molecule has 1 saturated heterocycles. The fraction of sp³-hybridized carbons (Fsp3) is 0.700. The molecule has 0 bridgehead atoms. The maximum Gasteiger partial charge on any atom is 0.234 e. The number of likely N-dealkylation sites (N-methyl/N-ethyl adjacent to an activating group) is 1. The van der Waals surface area contributed by atoms with Gasteiger partial charge in [0, 0.05) is 44.6 Å². The average Bonchev–Trinajstić information content (AvgIpc) is 2.63. The van der Waals surface area contributed by atoms with Crippen molar-refractivity contribution in [3.05, 3.63) is 30.1 Å². The van der Waals surface area contributed by atoms with Crippen molar-refractivity contribution in [2.75, 3.05) is 46.4 Å². The Labute approximate surface area is 156 Å². The number of carbonyl (C=O) groups excluding carboxylic acids is 1. The van der Waals surface area contributed by atoms with Crippen LogP contribution in [0, 0.1) is 5.92 Å². The number of rotatable bonds is 7. The molecule has 26 heavy (non-hydrogen) atoms. The number of aromatic nitrogens is 1. The summed E-state index contributed by atoms with van der Waals surface area (Å²) < 4.78 is 5.44. The lowest BCUT2D eigenvalue weighted by molar-refractivity contribution is -0.123. The number of hydrogen-bond donors (Lipinski definition) is 1. The van der Waals surface area contributed by atoms with E-state index in [1.54, 1.807) is 12.4 Å². The summed E-state index contributed by atoms with van der Waals surface area (Å²) in [6, 6.07) is 4.31. The van der Waals surface area contributed by atoms with Crippen LogP contribution in [0.2, 0.25) is 0 Å². The molecule has 0 radical (unpaired) electrons. The zero-order valence-electron chi connectivity index (χ0n) is 15.9. The van der Waals surface area contributed by atoms with Crippen molar-refractivity contribution in [2.45, 2.75) is 38.3 Å². The van der Waals surface area contributed by atoms with Gasteiger partial charge in [-0.2, -0.15) is 0 Å². The van der Waals surface area contributed by atoms with E-state index in [1.165, 1.54) is 18.4 Å². The normalized spacial score (nSPS) is 24.5. The van der Waals surface area contributed by atoms with Gasteiger partial charge in [0.2, 0.25) is 5.91 Å². The van der Waals surface area contributed by atoms with Crippen molar-refractivity contribution in [3.63, 3.8) is 0 Å². The summed E-state index contributed by atoms with van der Waals surface area (Å²) in [6.45, 7) is 6.17. The fourth-order valence-electron chi connectivity index (χ4n) is 4.11. The minimum atomic E-state index is 0.138. The first-order chi connectivity index (χ1) is 12.7. The second-order valence-electron chi connectivity index (χ2n) is 7.74. The van der Waals surface area contributed by atoms with Gasteiger partial charge in [0.1, 0.15) is 0 Å². The summed E-state index contributed by atoms with van der Waals surface area (Å²) in [7, 11) is 1.99. The zero-order chi connectivity index (χ0) is 18.2. The van der Waals surface area contributed by atoms with Crippen molar-refractivity contribution in [1.82, 2.24) is 20.1 Å². The molecule has 1 aromatic rings. The zero-order valence-corrected chi connectivity index (χ0v) is 15.9. The first-order valence-corrected chi connectivity index (χ1v) is 9.86. The highest BCUT2D eigenvalue weighted by molar-refractivity contribution is 5.78. The molecule has 144 valence electrons. The third-order valence-corrected chi connectivity index (χ3v) is 5.38. The number of amides is 1. The van der Waals surface area contributed by atoms with Gasteiger partial charge in [-0.3, -0.25) is 19.6 Å². The van der Waals surface area contributed by atoms with Gasteiger partial charge in [0.25, 0.3) is 0 Å². The predicted molar refractivity (Wildman–Crippen MR) is 102 cm³/mol. The molecule has 1 aromatic heterocycles. The van der Waals surface area contributed by atoms with E-state index in [2.05, 4.69) is 20.1 Å². The molecule has 6 nitrogen and oxygen atoms in total. The third-order valence-electron chi connectivity index (χ3n) is 5.38. The molecule has 1 N–H and O–H groups in total. The molecule has 2 fully saturated rings. The largest absolute Gasteiger partial charge is 0.379 e. The Morgan fingerprint density at radius 3 is 2.85 bits per heavy atom. The SMILES string of the molecule is CN(CC(=O)N[C@H]1CCC[C@@H](CN2CCOCC2)C1)Cc1ccncc1. The van der Waals surface area contributed by atoms with Crippen LogP contribution in [0.25, 0.3) is 0 Å². The minimum absolute atomic E-state index is 0.138. The van der Waals surface area contributed by atoms with Gasteiger partial charge in [-0.25, -0.2) is 0 Å². The second-order valence-corrected chi connectivity index (χ2v) is 7.74. The van der Waals surface area contributed by atoms with Gasteiger partial charge >= 0.3 is 0 Å². The molecule has 1 aliphatic carbocycles. The highest BCUT2D eigenvalue weighted by atomic mass is 16.5. The Morgan fingerprint density at radius 1 is 1.31 bits per heavy atom. The minimum Gasteiger partial charge on any atom is -0.379 e. The Morgan fingerprint density at radius 2 is 2.08 bits per heavy atom. The molecule has 0 spiro atoms. The lowest BCUT2D eigenvalue weighted by atomic mass is 9.85. The first kappa shape index (κ1) is 19.3. The number of nitrogens with one attached hydrogen (secondary N) is 1. The van der Waals surface area contributed by atoms with Crippen LogP contribution in [0.4, 0.5) is 0 Å². The Hall–Kier alpha value is -1.50. The quantitative estimate of drug-likeness (QED) is 0.799. The molecule has 6 heteroatoms. The van der Waals surface area contributed by atoms with Crippen molar-refractivity contribution in [2.24, 2.45) is 5.92 Å². The number of morpholine rings is 1. The van der Waals surface area contributed by atoms with Crippen LogP contribution in [0.3, 0.4) is 0 Å². The summed E-state index contributed by atoms with van der Waals surface area (Å²) in [5.41, 5.74) is 1.18. The highest BCUT2D eigenvalue weighted by Crippen LogP contribution is 2.25. The van der Waals surface area contributed by atoms with E-state index in [4.69, 9.17) is 4.74 Å². The molecule has 0 aromatic carbocycles. The summed E-state index contributed by atoms with van der Waals surface area (Å²) in [5, 5.41) is 3.27. The first-order valence-electron chi connectivity index (χ1n) is 9.86. The van der Waals surface area contributed by atoms with Crippen LogP contribution in [0.5, 0.6) is 0 Å². The molecule has 1 amide bonds. The van der Waals surface area contributed by atoms with Crippen LogP contribution >= 0.6 is 0 Å². The maximum absolute atomic E-state index is 12.4. The molecule has 0 unspecified atom stereocenters. The number of ether oxygens (including phenoxy) is 1. The number of carbonyl (C=O) groups is 1. The summed E-state index contributed by atoms with van der Waals surface area (Å²) >= 11 is 0. The van der Waals surface area contributed by atoms with E-state index in [0.717, 1.165) is 52.2 Å².